The number of hydrazone groups is 1. The number of anilines is 1. The molecule has 0 spiro atoms. The number of rotatable bonds is 6. The number of hydrogen-bond donors (Lipinski definition) is 1. The lowest BCUT2D eigenvalue weighted by molar-refractivity contribution is 0.0981. The maximum Gasteiger partial charge on any atom is 0.265 e. The van der Waals surface area contributed by atoms with Crippen LogP contribution in [0.15, 0.2) is 52.9 Å². The van der Waals surface area contributed by atoms with Crippen molar-refractivity contribution < 1.29 is 17.6 Å². The summed E-state index contributed by atoms with van der Waals surface area (Å²) in [5, 5.41) is 8.60. The van der Waals surface area contributed by atoms with Crippen molar-refractivity contribution in [3.63, 3.8) is 0 Å². The van der Waals surface area contributed by atoms with Crippen LogP contribution in [0, 0.1) is 5.82 Å². The molecule has 0 aliphatic carbocycles. The fourth-order valence-corrected chi connectivity index (χ4v) is 3.90. The first-order chi connectivity index (χ1) is 14.1. The molecule has 30 heavy (non-hydrogen) atoms. The molecule has 0 radical (unpaired) electrons. The zero-order chi connectivity index (χ0) is 21.9. The zero-order valence-electron chi connectivity index (χ0n) is 15.8. The van der Waals surface area contributed by atoms with E-state index in [1.54, 1.807) is 13.1 Å². The third-order valence-electron chi connectivity index (χ3n) is 3.83. The second kappa shape index (κ2) is 8.90. The van der Waals surface area contributed by atoms with Crippen molar-refractivity contribution >= 4 is 50.2 Å². The van der Waals surface area contributed by atoms with E-state index < -0.39 is 21.7 Å². The Kier molecular flexibility index (Phi) is 6.49. The average Bonchev–Trinajstić information content (AvgIpc) is 3.15. The first-order valence-corrected chi connectivity index (χ1v) is 11.6. The Hall–Kier alpha value is -2.82. The zero-order valence-corrected chi connectivity index (χ0v) is 18.2. The number of aromatic nitrogens is 1. The summed E-state index contributed by atoms with van der Waals surface area (Å²) in [6, 6.07) is 10.6. The number of carbonyl (C=O) groups excluding carboxylic acids is 1. The van der Waals surface area contributed by atoms with Crippen LogP contribution in [0.2, 0.25) is 5.02 Å². The van der Waals surface area contributed by atoms with Crippen LogP contribution in [0.5, 0.6) is 0 Å². The van der Waals surface area contributed by atoms with Crippen LogP contribution in [-0.2, 0) is 10.0 Å². The molecular weight excluding hydrogens is 451 g/mol. The van der Waals surface area contributed by atoms with E-state index in [-0.39, 0.29) is 11.1 Å². The number of thiazole rings is 1. The van der Waals surface area contributed by atoms with Crippen LogP contribution < -0.4 is 9.73 Å². The molecule has 0 bridgehead atoms. The molecule has 1 aromatic heterocycles. The van der Waals surface area contributed by atoms with Crippen LogP contribution in [-0.4, -0.2) is 38.8 Å². The smallest absolute Gasteiger partial charge is 0.265 e. The van der Waals surface area contributed by atoms with Gasteiger partial charge in [-0.1, -0.05) is 29.8 Å². The molecule has 0 unspecified atom stereocenters. The molecule has 0 saturated carbocycles. The van der Waals surface area contributed by atoms with E-state index in [2.05, 4.69) is 10.1 Å². The highest BCUT2D eigenvalue weighted by Gasteiger charge is 2.16. The van der Waals surface area contributed by atoms with E-state index >= 15 is 0 Å². The van der Waals surface area contributed by atoms with Crippen molar-refractivity contribution in [2.24, 2.45) is 5.10 Å². The summed E-state index contributed by atoms with van der Waals surface area (Å²) in [6.07, 6.45) is 2.12. The maximum absolute atomic E-state index is 13.7. The van der Waals surface area contributed by atoms with Gasteiger partial charge in [-0.2, -0.15) is 5.10 Å². The van der Waals surface area contributed by atoms with E-state index in [9.17, 15) is 17.6 Å². The standard InChI is InChI=1S/C19H16ClFN4O3S2/c1-25(19-23-17(11-29-19)15-5-3-4-6-16(15)20)22-10-12-9-13(21)7-8-14(12)18(26)24-30(2,27)28/h3-11H,1-2H3,(H,24,26). The number of nitrogens with one attached hydrogen (secondary N) is 1. The number of carbonyl (C=O) groups is 1. The van der Waals surface area contributed by atoms with Crippen LogP contribution >= 0.6 is 22.9 Å². The topological polar surface area (TPSA) is 91.7 Å². The lowest BCUT2D eigenvalue weighted by atomic mass is 10.1. The van der Waals surface area contributed by atoms with Gasteiger partial charge in [0.2, 0.25) is 15.2 Å². The lowest BCUT2D eigenvalue weighted by Crippen LogP contribution is -2.30. The predicted octanol–water partition coefficient (Wildman–Crippen LogP) is 3.76. The van der Waals surface area contributed by atoms with Gasteiger partial charge in [0.05, 0.1) is 18.2 Å². The molecule has 0 fully saturated rings. The maximum atomic E-state index is 13.7. The highest BCUT2D eigenvalue weighted by molar-refractivity contribution is 7.89. The van der Waals surface area contributed by atoms with Crippen LogP contribution in [0.25, 0.3) is 11.3 Å². The van der Waals surface area contributed by atoms with Crippen LogP contribution in [0.3, 0.4) is 0 Å². The summed E-state index contributed by atoms with van der Waals surface area (Å²) >= 11 is 7.53. The van der Waals surface area contributed by atoms with E-state index in [0.717, 1.165) is 24.0 Å². The second-order valence-electron chi connectivity index (χ2n) is 6.20. The van der Waals surface area contributed by atoms with Gasteiger partial charge in [0, 0.05) is 34.1 Å². The van der Waals surface area contributed by atoms with Gasteiger partial charge >= 0.3 is 0 Å². The number of halogens is 2. The highest BCUT2D eigenvalue weighted by atomic mass is 35.5. The summed E-state index contributed by atoms with van der Waals surface area (Å²) in [7, 11) is -2.13. The van der Waals surface area contributed by atoms with Gasteiger partial charge in [-0.05, 0) is 24.3 Å². The van der Waals surface area contributed by atoms with Gasteiger partial charge in [-0.3, -0.25) is 4.79 Å². The Morgan fingerprint density at radius 1 is 1.30 bits per heavy atom. The Balaban J connectivity index is 1.85. The first-order valence-electron chi connectivity index (χ1n) is 8.44. The molecular formula is C19H16ClFN4O3S2. The average molecular weight is 467 g/mol. The van der Waals surface area contributed by atoms with E-state index in [0.29, 0.717) is 15.8 Å². The molecule has 0 atom stereocenters. The number of sulfonamides is 1. The molecule has 3 rings (SSSR count). The normalized spacial score (nSPS) is 11.6. The molecule has 0 aliphatic heterocycles. The van der Waals surface area contributed by atoms with Gasteiger partial charge in [-0.25, -0.2) is 27.5 Å². The van der Waals surface area contributed by atoms with Crippen molar-refractivity contribution in [2.45, 2.75) is 0 Å². The SMILES string of the molecule is CN(N=Cc1cc(F)ccc1C(=O)NS(C)(=O)=O)c1nc(-c2ccccc2Cl)cs1. The Morgan fingerprint density at radius 3 is 2.73 bits per heavy atom. The van der Waals surface area contributed by atoms with E-state index in [1.807, 2.05) is 28.3 Å². The molecule has 1 heterocycles. The molecule has 7 nitrogen and oxygen atoms in total. The van der Waals surface area contributed by atoms with Crippen molar-refractivity contribution in [3.05, 3.63) is 69.8 Å². The summed E-state index contributed by atoms with van der Waals surface area (Å²) in [5.41, 5.74) is 1.55. The van der Waals surface area contributed by atoms with Crippen molar-refractivity contribution in [2.75, 3.05) is 18.3 Å². The molecule has 3 aromatic rings. The molecule has 1 N–H and O–H groups in total. The van der Waals surface area contributed by atoms with Gasteiger partial charge in [0.25, 0.3) is 5.91 Å². The molecule has 1 amide bonds. The molecule has 0 aliphatic rings. The third kappa shape index (κ3) is 5.41. The van der Waals surface area contributed by atoms with Crippen molar-refractivity contribution in [1.29, 1.82) is 0 Å². The minimum atomic E-state index is -3.77. The quantitative estimate of drug-likeness (QED) is 0.441. The molecule has 0 saturated heterocycles. The summed E-state index contributed by atoms with van der Waals surface area (Å²) in [4.78, 5) is 16.7. The van der Waals surface area contributed by atoms with E-state index in [1.165, 1.54) is 28.6 Å². The van der Waals surface area contributed by atoms with E-state index in [4.69, 9.17) is 11.6 Å². The largest absolute Gasteiger partial charge is 0.268 e. The van der Waals surface area contributed by atoms with Gasteiger partial charge in [-0.15, -0.1) is 11.3 Å². The highest BCUT2D eigenvalue weighted by Crippen LogP contribution is 2.31. The molecule has 156 valence electrons. The van der Waals surface area contributed by atoms with Crippen LogP contribution in [0.4, 0.5) is 9.52 Å². The summed E-state index contributed by atoms with van der Waals surface area (Å²) in [5.74, 6) is -1.47. The Labute approximate surface area is 181 Å². The number of benzene rings is 2. The molecule has 11 heteroatoms. The number of hydrogen-bond acceptors (Lipinski definition) is 7. The molecule has 2 aromatic carbocycles. The summed E-state index contributed by atoms with van der Waals surface area (Å²) < 4.78 is 38.2. The van der Waals surface area contributed by atoms with Gasteiger partial charge < -0.3 is 0 Å². The monoisotopic (exact) mass is 466 g/mol. The van der Waals surface area contributed by atoms with Crippen molar-refractivity contribution in [1.82, 2.24) is 9.71 Å². The number of nitrogens with zero attached hydrogens (tertiary/aromatic N) is 3. The second-order valence-corrected chi connectivity index (χ2v) is 9.19. The first kappa shape index (κ1) is 21.9. The fraction of sp³-hybridized carbons (Fsp3) is 0.105. The fourth-order valence-electron chi connectivity index (χ4n) is 2.47. The van der Waals surface area contributed by atoms with Gasteiger partial charge in [0.1, 0.15) is 5.82 Å². The summed E-state index contributed by atoms with van der Waals surface area (Å²) in [6.45, 7) is 0. The number of amides is 1. The Bertz CT molecular complexity index is 1230. The van der Waals surface area contributed by atoms with Crippen molar-refractivity contribution in [3.8, 4) is 11.3 Å². The van der Waals surface area contributed by atoms with Gasteiger partial charge in [0.15, 0.2) is 0 Å². The van der Waals surface area contributed by atoms with Crippen LogP contribution in [0.1, 0.15) is 15.9 Å². The Morgan fingerprint density at radius 2 is 2.03 bits per heavy atom. The minimum absolute atomic E-state index is 0.0325. The minimum Gasteiger partial charge on any atom is -0.268 e. The third-order valence-corrected chi connectivity index (χ3v) is 5.62. The lowest BCUT2D eigenvalue weighted by Gasteiger charge is -2.10. The predicted molar refractivity (Wildman–Crippen MR) is 117 cm³/mol.